The van der Waals surface area contributed by atoms with Gasteiger partial charge in [0.1, 0.15) is 11.6 Å². The number of aliphatic imine (C=N–C) groups is 1. The van der Waals surface area contributed by atoms with Gasteiger partial charge in [0.25, 0.3) is 0 Å². The van der Waals surface area contributed by atoms with Gasteiger partial charge in [0.05, 0.1) is 6.42 Å². The van der Waals surface area contributed by atoms with E-state index in [2.05, 4.69) is 43.2 Å². The molecule has 0 amide bonds. The lowest BCUT2D eigenvalue weighted by Crippen LogP contribution is -2.23. The lowest BCUT2D eigenvalue weighted by molar-refractivity contribution is -0.115. The van der Waals surface area contributed by atoms with E-state index in [0.717, 1.165) is 18.6 Å². The van der Waals surface area contributed by atoms with E-state index >= 15 is 0 Å². The number of amidine groups is 1. The Kier molecular flexibility index (Phi) is 9.09. The molecule has 0 saturated carbocycles. The molecule has 0 bridgehead atoms. The summed E-state index contributed by atoms with van der Waals surface area (Å²) < 4.78 is 0. The summed E-state index contributed by atoms with van der Waals surface area (Å²) in [5.41, 5.74) is 4.13. The molecular weight excluding hydrogens is 238 g/mol. The van der Waals surface area contributed by atoms with Crippen LogP contribution in [0.4, 0.5) is 0 Å². The van der Waals surface area contributed by atoms with Crippen LogP contribution in [0, 0.1) is 11.8 Å². The zero-order valence-corrected chi connectivity index (χ0v) is 13.3. The molecule has 1 N–H and O–H groups in total. The lowest BCUT2D eigenvalue weighted by atomic mass is 9.99. The van der Waals surface area contributed by atoms with E-state index in [1.54, 1.807) is 6.92 Å². The molecule has 0 aliphatic carbocycles. The third kappa shape index (κ3) is 10.4. The third-order valence-electron chi connectivity index (χ3n) is 2.40. The van der Waals surface area contributed by atoms with E-state index in [0.29, 0.717) is 30.6 Å². The number of nitrogens with one attached hydrogen (secondary N) is 1. The van der Waals surface area contributed by atoms with Gasteiger partial charge in [0.2, 0.25) is 0 Å². The van der Waals surface area contributed by atoms with Gasteiger partial charge in [0, 0.05) is 12.3 Å². The zero-order valence-electron chi connectivity index (χ0n) is 13.3. The Hall–Kier alpha value is -1.19. The minimum atomic E-state index is 0.101. The molecule has 0 aliphatic rings. The Morgan fingerprint density at radius 3 is 2.00 bits per heavy atom. The highest BCUT2D eigenvalue weighted by Gasteiger charge is 2.08. The fourth-order valence-electron chi connectivity index (χ4n) is 1.82. The summed E-state index contributed by atoms with van der Waals surface area (Å²) in [5.74, 6) is 1.93. The Labute approximate surface area is 117 Å². The summed E-state index contributed by atoms with van der Waals surface area (Å²) in [5, 5.41) is 4.46. The molecule has 0 rings (SSSR count). The van der Waals surface area contributed by atoms with E-state index in [4.69, 9.17) is 0 Å². The highest BCUT2D eigenvalue weighted by molar-refractivity contribution is 6.00. The standard InChI is InChI=1S/C15H29N3O/c1-7-16-15(10-13(6)19)18-17-14(8-11(2)3)9-12(4)5/h11-12H,7-10H2,1-6H3,(H,16,18). The molecule has 0 aliphatic heterocycles. The monoisotopic (exact) mass is 267 g/mol. The second-order valence-electron chi connectivity index (χ2n) is 5.79. The van der Waals surface area contributed by atoms with Crippen LogP contribution in [0.5, 0.6) is 0 Å². The van der Waals surface area contributed by atoms with Crippen LogP contribution in [0.3, 0.4) is 0 Å². The summed E-state index contributed by atoms with van der Waals surface area (Å²) >= 11 is 0. The minimum Gasteiger partial charge on any atom is -0.300 e. The number of hydrogen-bond donors (Lipinski definition) is 1. The number of hydrazone groups is 1. The fourth-order valence-corrected chi connectivity index (χ4v) is 1.82. The summed E-state index contributed by atoms with van der Waals surface area (Å²) in [6.45, 7) is 12.9. The van der Waals surface area contributed by atoms with Gasteiger partial charge < -0.3 is 0 Å². The topological polar surface area (TPSA) is 53.8 Å². The smallest absolute Gasteiger partial charge is 0.137 e. The average Bonchev–Trinajstić information content (AvgIpc) is 2.23. The van der Waals surface area contributed by atoms with Crippen LogP contribution in [0.25, 0.3) is 0 Å². The average molecular weight is 267 g/mol. The Bertz CT molecular complexity index is 318. The molecule has 0 aromatic heterocycles. The van der Waals surface area contributed by atoms with Gasteiger partial charge in [-0.05, 0) is 38.5 Å². The van der Waals surface area contributed by atoms with E-state index in [1.165, 1.54) is 0 Å². The molecule has 0 radical (unpaired) electrons. The van der Waals surface area contributed by atoms with Gasteiger partial charge in [-0.15, -0.1) is 0 Å². The molecule has 19 heavy (non-hydrogen) atoms. The SMILES string of the molecule is CCN=C(CC(C)=O)NN=C(CC(C)C)CC(C)C. The van der Waals surface area contributed by atoms with Crippen molar-refractivity contribution in [1.29, 1.82) is 0 Å². The predicted molar refractivity (Wildman–Crippen MR) is 82.8 cm³/mol. The van der Waals surface area contributed by atoms with Crippen LogP contribution >= 0.6 is 0 Å². The maximum Gasteiger partial charge on any atom is 0.137 e. The molecule has 0 unspecified atom stereocenters. The van der Waals surface area contributed by atoms with Crippen molar-refractivity contribution in [3.63, 3.8) is 0 Å². The predicted octanol–water partition coefficient (Wildman–Crippen LogP) is 3.42. The normalized spacial score (nSPS) is 11.9. The van der Waals surface area contributed by atoms with Gasteiger partial charge >= 0.3 is 0 Å². The van der Waals surface area contributed by atoms with Crippen molar-refractivity contribution in [2.45, 2.75) is 60.8 Å². The van der Waals surface area contributed by atoms with Crippen LogP contribution < -0.4 is 5.43 Å². The van der Waals surface area contributed by atoms with Crippen molar-refractivity contribution < 1.29 is 4.79 Å². The van der Waals surface area contributed by atoms with Crippen molar-refractivity contribution in [3.05, 3.63) is 0 Å². The second-order valence-corrected chi connectivity index (χ2v) is 5.79. The van der Waals surface area contributed by atoms with Crippen LogP contribution in [0.2, 0.25) is 0 Å². The molecule has 0 saturated heterocycles. The zero-order chi connectivity index (χ0) is 14.8. The van der Waals surface area contributed by atoms with Crippen molar-refractivity contribution in [2.75, 3.05) is 6.54 Å². The highest BCUT2D eigenvalue weighted by Crippen LogP contribution is 2.09. The molecule has 0 fully saturated rings. The molecule has 110 valence electrons. The van der Waals surface area contributed by atoms with Gasteiger partial charge in [0.15, 0.2) is 0 Å². The summed E-state index contributed by atoms with van der Waals surface area (Å²) in [6.07, 6.45) is 2.28. The molecule has 4 heteroatoms. The number of nitrogens with zero attached hydrogens (tertiary/aromatic N) is 2. The first-order valence-electron chi connectivity index (χ1n) is 7.19. The third-order valence-corrected chi connectivity index (χ3v) is 2.40. The Balaban J connectivity index is 4.70. The highest BCUT2D eigenvalue weighted by atomic mass is 16.1. The number of hydrogen-bond acceptors (Lipinski definition) is 3. The molecular formula is C15H29N3O. The molecule has 0 aromatic carbocycles. The summed E-state index contributed by atoms with van der Waals surface area (Å²) in [6, 6.07) is 0. The van der Waals surface area contributed by atoms with Gasteiger partial charge in [-0.3, -0.25) is 15.2 Å². The fraction of sp³-hybridized carbons (Fsp3) is 0.800. The number of carbonyl (C=O) groups excluding carboxylic acids is 1. The van der Waals surface area contributed by atoms with E-state index in [-0.39, 0.29) is 5.78 Å². The molecule has 4 nitrogen and oxygen atoms in total. The van der Waals surface area contributed by atoms with Crippen molar-refractivity contribution in [3.8, 4) is 0 Å². The van der Waals surface area contributed by atoms with Gasteiger partial charge in [-0.25, -0.2) is 0 Å². The van der Waals surface area contributed by atoms with Crippen LogP contribution in [-0.4, -0.2) is 23.9 Å². The number of carbonyl (C=O) groups is 1. The van der Waals surface area contributed by atoms with Gasteiger partial charge in [-0.1, -0.05) is 27.7 Å². The van der Waals surface area contributed by atoms with E-state index in [9.17, 15) is 4.79 Å². The number of ketones is 1. The van der Waals surface area contributed by atoms with E-state index < -0.39 is 0 Å². The van der Waals surface area contributed by atoms with Crippen molar-refractivity contribution in [2.24, 2.45) is 21.9 Å². The lowest BCUT2D eigenvalue weighted by Gasteiger charge is -2.12. The first-order chi connectivity index (χ1) is 8.85. The van der Waals surface area contributed by atoms with Crippen LogP contribution in [0.15, 0.2) is 10.1 Å². The largest absolute Gasteiger partial charge is 0.300 e. The minimum absolute atomic E-state index is 0.101. The molecule has 0 aromatic rings. The Morgan fingerprint density at radius 2 is 1.63 bits per heavy atom. The quantitative estimate of drug-likeness (QED) is 0.416. The molecule has 0 spiro atoms. The maximum atomic E-state index is 11.2. The molecule has 0 heterocycles. The molecule has 0 atom stereocenters. The van der Waals surface area contributed by atoms with E-state index in [1.807, 2.05) is 6.92 Å². The van der Waals surface area contributed by atoms with Gasteiger partial charge in [-0.2, -0.15) is 5.10 Å². The number of Topliss-reactive ketones (excluding diaryl/α,β-unsaturated/α-hetero) is 1. The first-order valence-corrected chi connectivity index (χ1v) is 7.19. The summed E-state index contributed by atoms with van der Waals surface area (Å²) in [4.78, 5) is 15.4. The maximum absolute atomic E-state index is 11.2. The van der Waals surface area contributed by atoms with Crippen LogP contribution in [-0.2, 0) is 4.79 Å². The van der Waals surface area contributed by atoms with Crippen molar-refractivity contribution in [1.82, 2.24) is 5.43 Å². The second kappa shape index (κ2) is 9.70. The van der Waals surface area contributed by atoms with Crippen LogP contribution in [0.1, 0.15) is 60.8 Å². The summed E-state index contributed by atoms with van der Waals surface area (Å²) in [7, 11) is 0. The number of rotatable bonds is 8. The first kappa shape index (κ1) is 17.8. The van der Waals surface area contributed by atoms with Crippen molar-refractivity contribution >= 4 is 17.3 Å². The Morgan fingerprint density at radius 1 is 1.11 bits per heavy atom.